The number of hydrogen-bond donors (Lipinski definition) is 0. The second-order valence-electron chi connectivity index (χ2n) is 6.58. The number of thioether (sulfide) groups is 1. The quantitative estimate of drug-likeness (QED) is 0.481. The molecular formula is C18H18N4O3S2. The number of anilines is 1. The predicted molar refractivity (Wildman–Crippen MR) is 105 cm³/mol. The van der Waals surface area contributed by atoms with E-state index in [-0.39, 0.29) is 17.6 Å². The number of ketones is 1. The van der Waals surface area contributed by atoms with Crippen LogP contribution in [0.15, 0.2) is 47.8 Å². The lowest BCUT2D eigenvalue weighted by atomic mass is 10.0. The van der Waals surface area contributed by atoms with Crippen molar-refractivity contribution in [1.29, 1.82) is 0 Å². The zero-order valence-electron chi connectivity index (χ0n) is 14.9. The topological polar surface area (TPSA) is 84.6 Å². The maximum atomic E-state index is 12.6. The Kier molecular flexibility index (Phi) is 4.43. The van der Waals surface area contributed by atoms with Crippen LogP contribution < -0.4 is 4.31 Å². The molecule has 3 heterocycles. The van der Waals surface area contributed by atoms with Crippen molar-refractivity contribution in [2.75, 3.05) is 16.3 Å². The van der Waals surface area contributed by atoms with Gasteiger partial charge in [0, 0.05) is 17.8 Å². The summed E-state index contributed by atoms with van der Waals surface area (Å²) in [5, 5.41) is 8.85. The molecule has 1 aromatic carbocycles. The number of sulfonamides is 1. The van der Waals surface area contributed by atoms with E-state index in [0.717, 1.165) is 11.2 Å². The van der Waals surface area contributed by atoms with Crippen LogP contribution in [-0.2, 0) is 16.4 Å². The number of fused-ring (bicyclic) bond motifs is 2. The zero-order chi connectivity index (χ0) is 19.2. The van der Waals surface area contributed by atoms with Crippen molar-refractivity contribution in [3.05, 3.63) is 53.7 Å². The standard InChI is InChI=1S/C18H18N4O3S2/c1-12-9-14-10-13(6-7-15(14)22(12)27(2,24)25)16(23)11-26-18-20-19-17-5-3-4-8-21(17)18/h3-8,10,12H,9,11H2,1-2H3/t12-/m0/s1. The molecule has 140 valence electrons. The monoisotopic (exact) mass is 402 g/mol. The second-order valence-corrected chi connectivity index (χ2v) is 9.38. The minimum atomic E-state index is -3.33. The largest absolute Gasteiger partial charge is 0.293 e. The van der Waals surface area contributed by atoms with Crippen LogP contribution in [0, 0.1) is 0 Å². The molecule has 0 unspecified atom stereocenters. The Labute approximate surface area is 161 Å². The summed E-state index contributed by atoms with van der Waals surface area (Å²) in [7, 11) is -3.33. The van der Waals surface area contributed by atoms with Gasteiger partial charge in [-0.1, -0.05) is 17.8 Å². The summed E-state index contributed by atoms with van der Waals surface area (Å²) in [6, 6.07) is 10.7. The molecule has 4 rings (SSSR count). The van der Waals surface area contributed by atoms with Gasteiger partial charge in [0.1, 0.15) is 0 Å². The molecule has 1 atom stereocenters. The number of carbonyl (C=O) groups is 1. The van der Waals surface area contributed by atoms with E-state index in [2.05, 4.69) is 10.2 Å². The molecule has 3 aromatic rings. The fourth-order valence-corrected chi connectivity index (χ4v) is 5.50. The molecule has 0 saturated heterocycles. The van der Waals surface area contributed by atoms with Crippen molar-refractivity contribution in [3.8, 4) is 0 Å². The molecule has 7 nitrogen and oxygen atoms in total. The molecular weight excluding hydrogens is 384 g/mol. The number of pyridine rings is 1. The van der Waals surface area contributed by atoms with E-state index in [1.54, 1.807) is 12.1 Å². The number of aromatic nitrogens is 3. The number of nitrogens with zero attached hydrogens (tertiary/aromatic N) is 4. The molecule has 27 heavy (non-hydrogen) atoms. The van der Waals surface area contributed by atoms with Crippen molar-refractivity contribution in [2.45, 2.75) is 24.5 Å². The van der Waals surface area contributed by atoms with Gasteiger partial charge in [-0.15, -0.1) is 10.2 Å². The molecule has 0 amide bonds. The number of Topliss-reactive ketones (excluding diaryl/α,β-unsaturated/α-hetero) is 1. The van der Waals surface area contributed by atoms with Gasteiger partial charge in [0.15, 0.2) is 16.6 Å². The third-order valence-electron chi connectivity index (χ3n) is 4.53. The van der Waals surface area contributed by atoms with Crippen LogP contribution in [0.3, 0.4) is 0 Å². The fourth-order valence-electron chi connectivity index (χ4n) is 3.41. The molecule has 1 aliphatic rings. The maximum Gasteiger partial charge on any atom is 0.232 e. The van der Waals surface area contributed by atoms with E-state index in [9.17, 15) is 13.2 Å². The first-order valence-electron chi connectivity index (χ1n) is 8.42. The lowest BCUT2D eigenvalue weighted by molar-refractivity contribution is 0.102. The minimum Gasteiger partial charge on any atom is -0.293 e. The molecule has 0 saturated carbocycles. The highest BCUT2D eigenvalue weighted by molar-refractivity contribution is 7.99. The Morgan fingerprint density at radius 2 is 2.07 bits per heavy atom. The normalized spacial score (nSPS) is 16.7. The van der Waals surface area contributed by atoms with Crippen LogP contribution in [0.25, 0.3) is 5.65 Å². The van der Waals surface area contributed by atoms with Crippen LogP contribution in [0.2, 0.25) is 0 Å². The Hall–Kier alpha value is -2.39. The molecule has 2 aromatic heterocycles. The molecule has 9 heteroatoms. The van der Waals surface area contributed by atoms with Gasteiger partial charge in [-0.25, -0.2) is 8.42 Å². The third kappa shape index (κ3) is 3.32. The molecule has 0 N–H and O–H groups in total. The minimum absolute atomic E-state index is 0.0269. The summed E-state index contributed by atoms with van der Waals surface area (Å²) in [5.74, 6) is 0.209. The SMILES string of the molecule is C[C@H]1Cc2cc(C(=O)CSc3nnc4ccccn34)ccc2N1S(C)(=O)=O. The van der Waals surface area contributed by atoms with E-state index in [1.165, 1.54) is 22.3 Å². The number of benzene rings is 1. The van der Waals surface area contributed by atoms with Crippen molar-refractivity contribution in [1.82, 2.24) is 14.6 Å². The lowest BCUT2D eigenvalue weighted by Gasteiger charge is -2.21. The van der Waals surface area contributed by atoms with Gasteiger partial charge in [0.25, 0.3) is 0 Å². The highest BCUT2D eigenvalue weighted by atomic mass is 32.2. The fraction of sp³-hybridized carbons (Fsp3) is 0.278. The van der Waals surface area contributed by atoms with E-state index in [1.807, 2.05) is 41.8 Å². The van der Waals surface area contributed by atoms with E-state index in [0.29, 0.717) is 22.8 Å². The number of rotatable bonds is 5. The van der Waals surface area contributed by atoms with Gasteiger partial charge >= 0.3 is 0 Å². The van der Waals surface area contributed by atoms with Crippen molar-refractivity contribution < 1.29 is 13.2 Å². The highest BCUT2D eigenvalue weighted by Crippen LogP contribution is 2.35. The summed E-state index contributed by atoms with van der Waals surface area (Å²) in [6.45, 7) is 1.87. The number of hydrogen-bond acceptors (Lipinski definition) is 6. The first-order valence-corrected chi connectivity index (χ1v) is 11.3. The molecule has 1 aliphatic heterocycles. The average Bonchev–Trinajstić information content (AvgIpc) is 3.18. The van der Waals surface area contributed by atoms with Gasteiger partial charge in [-0.2, -0.15) is 0 Å². The third-order valence-corrected chi connectivity index (χ3v) is 6.74. The molecule has 0 fully saturated rings. The maximum absolute atomic E-state index is 12.6. The molecule has 0 aliphatic carbocycles. The Bertz CT molecular complexity index is 1140. The van der Waals surface area contributed by atoms with E-state index in [4.69, 9.17) is 0 Å². The van der Waals surface area contributed by atoms with Gasteiger partial charge in [0.05, 0.1) is 17.7 Å². The first kappa shape index (κ1) is 18.0. The Balaban J connectivity index is 1.53. The van der Waals surface area contributed by atoms with Gasteiger partial charge < -0.3 is 0 Å². The van der Waals surface area contributed by atoms with Crippen LogP contribution in [0.5, 0.6) is 0 Å². The summed E-state index contributed by atoms with van der Waals surface area (Å²) in [6.07, 6.45) is 3.67. The van der Waals surface area contributed by atoms with Crippen LogP contribution >= 0.6 is 11.8 Å². The summed E-state index contributed by atoms with van der Waals surface area (Å²) in [5.41, 5.74) is 2.87. The van der Waals surface area contributed by atoms with Gasteiger partial charge in [-0.05, 0) is 49.2 Å². The predicted octanol–water partition coefficient (Wildman–Crippen LogP) is 2.41. The zero-order valence-corrected chi connectivity index (χ0v) is 16.5. The van der Waals surface area contributed by atoms with Crippen molar-refractivity contribution in [3.63, 3.8) is 0 Å². The summed E-state index contributed by atoms with van der Waals surface area (Å²) < 4.78 is 27.3. The highest BCUT2D eigenvalue weighted by Gasteiger charge is 2.32. The molecule has 0 radical (unpaired) electrons. The van der Waals surface area contributed by atoms with Crippen LogP contribution in [0.1, 0.15) is 22.8 Å². The van der Waals surface area contributed by atoms with Crippen LogP contribution in [-0.4, -0.2) is 46.8 Å². The lowest BCUT2D eigenvalue weighted by Crippen LogP contribution is -2.34. The van der Waals surface area contributed by atoms with Gasteiger partial charge in [0.2, 0.25) is 10.0 Å². The Morgan fingerprint density at radius 1 is 1.26 bits per heavy atom. The van der Waals surface area contributed by atoms with Crippen molar-refractivity contribution >= 4 is 38.9 Å². The summed E-state index contributed by atoms with van der Waals surface area (Å²) >= 11 is 1.33. The first-order chi connectivity index (χ1) is 12.8. The summed E-state index contributed by atoms with van der Waals surface area (Å²) in [4.78, 5) is 12.6. The van der Waals surface area contributed by atoms with Crippen molar-refractivity contribution in [2.24, 2.45) is 0 Å². The van der Waals surface area contributed by atoms with Gasteiger partial charge in [-0.3, -0.25) is 13.5 Å². The van der Waals surface area contributed by atoms with E-state index < -0.39 is 10.0 Å². The van der Waals surface area contributed by atoms with E-state index >= 15 is 0 Å². The average molecular weight is 403 g/mol. The molecule has 0 bridgehead atoms. The smallest absolute Gasteiger partial charge is 0.232 e. The Morgan fingerprint density at radius 3 is 2.85 bits per heavy atom. The van der Waals surface area contributed by atoms with Crippen LogP contribution in [0.4, 0.5) is 5.69 Å². The second kappa shape index (κ2) is 6.65. The number of carbonyl (C=O) groups excluding carboxylic acids is 1. The molecule has 0 spiro atoms.